The molecule has 1 aliphatic rings. The molecule has 0 bridgehead atoms. The lowest BCUT2D eigenvalue weighted by atomic mass is 9.89. The second-order valence-corrected chi connectivity index (χ2v) is 4.87. The first-order valence-corrected chi connectivity index (χ1v) is 7.00. The topological polar surface area (TPSA) is 9.23 Å². The zero-order valence-corrected chi connectivity index (χ0v) is 12.0. The lowest BCUT2D eigenvalue weighted by Gasteiger charge is -2.14. The van der Waals surface area contributed by atoms with E-state index < -0.39 is 0 Å². The number of allylic oxidation sites excluding steroid dienone is 1. The maximum atomic E-state index is 5.30. The smallest absolute Gasteiger partial charge is 0.119 e. The van der Waals surface area contributed by atoms with Crippen molar-refractivity contribution in [1.82, 2.24) is 0 Å². The van der Waals surface area contributed by atoms with Crippen LogP contribution in [0.4, 0.5) is 0 Å². The van der Waals surface area contributed by atoms with Gasteiger partial charge in [-0.05, 0) is 54.5 Å². The lowest BCUT2D eigenvalue weighted by Crippen LogP contribution is -1.97. The summed E-state index contributed by atoms with van der Waals surface area (Å²) in [4.78, 5) is 0. The van der Waals surface area contributed by atoms with Crippen LogP contribution < -0.4 is 4.74 Å². The van der Waals surface area contributed by atoms with Crippen molar-refractivity contribution in [3.63, 3.8) is 0 Å². The van der Waals surface area contributed by atoms with E-state index in [0.717, 1.165) is 11.3 Å². The molecule has 0 unspecified atom stereocenters. The van der Waals surface area contributed by atoms with Crippen LogP contribution in [0.1, 0.15) is 11.1 Å². The molecule has 1 saturated carbocycles. The summed E-state index contributed by atoms with van der Waals surface area (Å²) in [6.07, 6.45) is 10.6. The molecule has 0 spiro atoms. The van der Waals surface area contributed by atoms with Crippen molar-refractivity contribution in [1.29, 1.82) is 0 Å². The molecule has 3 rings (SSSR count). The molecule has 5 radical (unpaired) electrons. The molecule has 2 aromatic carbocycles. The fraction of sp³-hybridized carbons (Fsp3) is 0.0500. The van der Waals surface area contributed by atoms with Crippen molar-refractivity contribution in [3.05, 3.63) is 97.3 Å². The van der Waals surface area contributed by atoms with Gasteiger partial charge < -0.3 is 4.74 Å². The number of hydrogen-bond acceptors (Lipinski definition) is 1. The van der Waals surface area contributed by atoms with Crippen LogP contribution in [0.2, 0.25) is 0 Å². The number of rotatable bonds is 4. The van der Waals surface area contributed by atoms with E-state index in [0.29, 0.717) is 0 Å². The van der Waals surface area contributed by atoms with Crippen LogP contribution in [-0.4, -0.2) is 7.11 Å². The van der Waals surface area contributed by atoms with Crippen LogP contribution >= 0.6 is 0 Å². The first-order valence-electron chi connectivity index (χ1n) is 7.00. The van der Waals surface area contributed by atoms with E-state index in [9.17, 15) is 0 Å². The van der Waals surface area contributed by atoms with Gasteiger partial charge in [0.15, 0.2) is 0 Å². The quantitative estimate of drug-likeness (QED) is 0.737. The third-order valence-electron chi connectivity index (χ3n) is 3.46. The highest BCUT2D eigenvalue weighted by atomic mass is 16.5. The molecule has 0 N–H and O–H groups in total. The minimum Gasteiger partial charge on any atom is -0.497 e. The molecule has 0 atom stereocenters. The Balaban J connectivity index is 1.99. The average Bonchev–Trinajstić information content (AvgIpc) is 3.08. The predicted molar refractivity (Wildman–Crippen MR) is 87.8 cm³/mol. The summed E-state index contributed by atoms with van der Waals surface area (Å²) in [6, 6.07) is 18.6. The maximum Gasteiger partial charge on any atom is 0.119 e. The zero-order chi connectivity index (χ0) is 14.5. The van der Waals surface area contributed by atoms with E-state index in [1.165, 1.54) is 17.1 Å². The van der Waals surface area contributed by atoms with Gasteiger partial charge in [0.2, 0.25) is 0 Å². The molecular weight excluding hydrogens is 256 g/mol. The van der Waals surface area contributed by atoms with Gasteiger partial charge in [-0.3, -0.25) is 0 Å². The van der Waals surface area contributed by atoms with Crippen LogP contribution in [0.25, 0.3) is 11.6 Å². The Morgan fingerprint density at radius 3 is 2.38 bits per heavy atom. The molecule has 103 valence electrons. The van der Waals surface area contributed by atoms with Crippen molar-refractivity contribution in [2.75, 3.05) is 7.11 Å². The van der Waals surface area contributed by atoms with Crippen LogP contribution in [0.3, 0.4) is 0 Å². The summed E-state index contributed by atoms with van der Waals surface area (Å²) in [7, 11) is 1.69. The van der Waals surface area contributed by atoms with Gasteiger partial charge in [0.25, 0.3) is 0 Å². The van der Waals surface area contributed by atoms with E-state index in [1.54, 1.807) is 7.11 Å². The molecule has 0 amide bonds. The molecule has 1 fully saturated rings. The number of ether oxygens (including phenoxy) is 1. The van der Waals surface area contributed by atoms with Crippen molar-refractivity contribution in [2.45, 2.75) is 0 Å². The summed E-state index contributed by atoms with van der Waals surface area (Å²) >= 11 is 0. The number of benzene rings is 2. The van der Waals surface area contributed by atoms with Gasteiger partial charge >= 0.3 is 0 Å². The fourth-order valence-electron chi connectivity index (χ4n) is 2.40. The highest BCUT2D eigenvalue weighted by Gasteiger charge is 2.22. The Hall–Kier alpha value is -2.02. The van der Waals surface area contributed by atoms with Gasteiger partial charge in [0.1, 0.15) is 5.75 Å². The molecule has 1 nitrogen and oxygen atoms in total. The molecule has 0 aliphatic heterocycles. The van der Waals surface area contributed by atoms with Crippen LogP contribution in [0.5, 0.6) is 5.75 Å². The van der Waals surface area contributed by atoms with Crippen molar-refractivity contribution < 1.29 is 4.74 Å². The molecule has 1 aliphatic carbocycles. The van der Waals surface area contributed by atoms with E-state index in [-0.39, 0.29) is 0 Å². The molecule has 0 saturated heterocycles. The van der Waals surface area contributed by atoms with Gasteiger partial charge in [-0.15, -0.1) is 0 Å². The van der Waals surface area contributed by atoms with Crippen LogP contribution in [0.15, 0.2) is 54.6 Å². The van der Waals surface area contributed by atoms with Gasteiger partial charge in [-0.2, -0.15) is 0 Å². The average molecular weight is 273 g/mol. The lowest BCUT2D eigenvalue weighted by molar-refractivity contribution is 0.414. The first-order chi connectivity index (χ1) is 10.4. The third-order valence-corrected chi connectivity index (χ3v) is 3.46. The molecule has 21 heavy (non-hydrogen) atoms. The molecular formula is C20H17O. The number of methoxy groups -OCH3 is 1. The molecule has 1 heteroatoms. The summed E-state index contributed by atoms with van der Waals surface area (Å²) in [5, 5.41) is 0. The summed E-state index contributed by atoms with van der Waals surface area (Å²) in [6.45, 7) is 0. The van der Waals surface area contributed by atoms with E-state index in [4.69, 9.17) is 4.74 Å². The summed E-state index contributed by atoms with van der Waals surface area (Å²) in [5.74, 6) is 2.10. The SMILES string of the molecule is COc1cccc(/C=C(/[C]2[CH][CH][CH][CH]2)c2ccccc2)c1. The Kier molecular flexibility index (Phi) is 4.40. The van der Waals surface area contributed by atoms with Crippen molar-refractivity contribution >= 4 is 11.6 Å². The fourth-order valence-corrected chi connectivity index (χ4v) is 2.40. The summed E-state index contributed by atoms with van der Waals surface area (Å²) in [5.41, 5.74) is 3.56. The minimum atomic E-state index is 0.874. The van der Waals surface area contributed by atoms with Crippen molar-refractivity contribution in [3.8, 4) is 5.75 Å². The van der Waals surface area contributed by atoms with E-state index in [1.807, 2.05) is 24.3 Å². The molecule has 2 aromatic rings. The van der Waals surface area contributed by atoms with E-state index in [2.05, 4.69) is 62.1 Å². The highest BCUT2D eigenvalue weighted by Crippen LogP contribution is 2.37. The standard InChI is InChI=1S/C20H17O/c1-21-19-13-7-8-16(14-19)15-20(18-11-5-6-12-18)17-9-3-2-4-10-17/h2-15H,1H3/b20-15+. The normalized spacial score (nSPS) is 16.1. The Bertz CT molecular complexity index is 607. The van der Waals surface area contributed by atoms with E-state index >= 15 is 0 Å². The zero-order valence-electron chi connectivity index (χ0n) is 12.0. The largest absolute Gasteiger partial charge is 0.497 e. The Labute approximate surface area is 127 Å². The van der Waals surface area contributed by atoms with Gasteiger partial charge in [0, 0.05) is 5.92 Å². The second kappa shape index (κ2) is 6.62. The molecule has 0 aromatic heterocycles. The minimum absolute atomic E-state index is 0.874. The Morgan fingerprint density at radius 2 is 1.67 bits per heavy atom. The number of hydrogen-bond donors (Lipinski definition) is 0. The first kappa shape index (κ1) is 13.9. The third kappa shape index (κ3) is 3.36. The van der Waals surface area contributed by atoms with Crippen LogP contribution in [0, 0.1) is 31.6 Å². The summed E-state index contributed by atoms with van der Waals surface area (Å²) < 4.78 is 5.30. The van der Waals surface area contributed by atoms with Crippen LogP contribution in [-0.2, 0) is 0 Å². The van der Waals surface area contributed by atoms with Gasteiger partial charge in [-0.25, -0.2) is 0 Å². The molecule has 0 heterocycles. The van der Waals surface area contributed by atoms with Gasteiger partial charge in [-0.1, -0.05) is 48.5 Å². The van der Waals surface area contributed by atoms with Gasteiger partial charge in [0.05, 0.1) is 7.11 Å². The Morgan fingerprint density at radius 1 is 0.905 bits per heavy atom. The second-order valence-electron chi connectivity index (χ2n) is 4.87. The van der Waals surface area contributed by atoms with Crippen molar-refractivity contribution in [2.24, 2.45) is 0 Å². The maximum absolute atomic E-state index is 5.30. The highest BCUT2D eigenvalue weighted by molar-refractivity contribution is 5.92. The predicted octanol–water partition coefficient (Wildman–Crippen LogP) is 4.64. The monoisotopic (exact) mass is 273 g/mol.